The van der Waals surface area contributed by atoms with E-state index in [4.69, 9.17) is 16.3 Å². The second kappa shape index (κ2) is 8.50. The molecule has 0 saturated carbocycles. The van der Waals surface area contributed by atoms with Gasteiger partial charge in [0.1, 0.15) is 12.1 Å². The van der Waals surface area contributed by atoms with E-state index in [0.29, 0.717) is 10.6 Å². The lowest BCUT2D eigenvalue weighted by Gasteiger charge is -2.25. The number of hydrogen-bond donors (Lipinski definition) is 2. The van der Waals surface area contributed by atoms with Gasteiger partial charge in [-0.25, -0.2) is 4.68 Å². The molecule has 1 aromatic heterocycles. The molecule has 2 amide bonds. The molecule has 0 spiro atoms. The Morgan fingerprint density at radius 3 is 2.88 bits per heavy atom. The summed E-state index contributed by atoms with van der Waals surface area (Å²) in [7, 11) is 0. The molecule has 32 heavy (non-hydrogen) atoms. The van der Waals surface area contributed by atoms with E-state index in [1.165, 1.54) is 23.1 Å². The number of anilines is 2. The van der Waals surface area contributed by atoms with E-state index in [1.54, 1.807) is 18.2 Å². The third kappa shape index (κ3) is 4.67. The van der Waals surface area contributed by atoms with E-state index in [0.717, 1.165) is 12.1 Å². The van der Waals surface area contributed by atoms with Crippen molar-refractivity contribution in [1.82, 2.24) is 14.8 Å². The van der Waals surface area contributed by atoms with Crippen LogP contribution in [0.1, 0.15) is 23.6 Å². The number of aromatic nitrogens is 3. The van der Waals surface area contributed by atoms with E-state index in [2.05, 4.69) is 20.7 Å². The van der Waals surface area contributed by atoms with Crippen LogP contribution in [0.15, 0.2) is 48.8 Å². The number of nitrogens with one attached hydrogen (secondary N) is 2. The van der Waals surface area contributed by atoms with Crippen LogP contribution in [-0.4, -0.2) is 33.2 Å². The number of rotatable bonds is 5. The smallest absolute Gasteiger partial charge is 0.416 e. The minimum atomic E-state index is -4.53. The van der Waals surface area contributed by atoms with Gasteiger partial charge in [0.2, 0.25) is 11.9 Å². The van der Waals surface area contributed by atoms with Gasteiger partial charge < -0.3 is 10.1 Å². The molecule has 1 atom stereocenters. The van der Waals surface area contributed by atoms with E-state index in [-0.39, 0.29) is 29.7 Å². The number of carbonyl (C=O) groups excluding carboxylic acids is 2. The highest BCUT2D eigenvalue weighted by Crippen LogP contribution is 2.36. The third-order valence-corrected chi connectivity index (χ3v) is 4.90. The molecule has 0 bridgehead atoms. The van der Waals surface area contributed by atoms with Gasteiger partial charge in [0, 0.05) is 16.3 Å². The number of halogens is 4. The van der Waals surface area contributed by atoms with Crippen molar-refractivity contribution < 1.29 is 27.5 Å². The predicted molar refractivity (Wildman–Crippen MR) is 108 cm³/mol. The van der Waals surface area contributed by atoms with Gasteiger partial charge in [-0.15, -0.1) is 0 Å². The summed E-state index contributed by atoms with van der Waals surface area (Å²) in [4.78, 5) is 28.3. The fraction of sp³-hybridized carbons (Fsp3) is 0.200. The van der Waals surface area contributed by atoms with Crippen molar-refractivity contribution in [2.45, 2.75) is 18.6 Å². The fourth-order valence-corrected chi connectivity index (χ4v) is 3.45. The van der Waals surface area contributed by atoms with Crippen molar-refractivity contribution >= 4 is 35.1 Å². The van der Waals surface area contributed by atoms with Crippen molar-refractivity contribution in [3.63, 3.8) is 0 Å². The van der Waals surface area contributed by atoms with Crippen LogP contribution in [0.2, 0.25) is 5.02 Å². The summed E-state index contributed by atoms with van der Waals surface area (Å²) in [6, 6.07) is 8.39. The number of fused-ring (bicyclic) bond motifs is 1. The summed E-state index contributed by atoms with van der Waals surface area (Å²) < 4.78 is 45.7. The number of benzene rings is 2. The molecule has 3 aromatic rings. The average molecular weight is 466 g/mol. The maximum Gasteiger partial charge on any atom is 0.416 e. The quantitative estimate of drug-likeness (QED) is 0.595. The Morgan fingerprint density at radius 1 is 1.28 bits per heavy atom. The van der Waals surface area contributed by atoms with Crippen LogP contribution in [0.25, 0.3) is 0 Å². The molecule has 4 rings (SSSR count). The molecule has 2 aromatic carbocycles. The summed E-state index contributed by atoms with van der Waals surface area (Å²) >= 11 is 6.12. The average Bonchev–Trinajstić information content (AvgIpc) is 3.20. The van der Waals surface area contributed by atoms with Gasteiger partial charge in [0.15, 0.2) is 6.61 Å². The summed E-state index contributed by atoms with van der Waals surface area (Å²) in [6.07, 6.45) is -3.19. The Labute approximate surface area is 184 Å². The maximum atomic E-state index is 12.9. The Morgan fingerprint density at radius 2 is 2.09 bits per heavy atom. The first kappa shape index (κ1) is 21.6. The lowest BCUT2D eigenvalue weighted by Crippen LogP contribution is -2.30. The van der Waals surface area contributed by atoms with Gasteiger partial charge in [0.25, 0.3) is 5.91 Å². The lowest BCUT2D eigenvalue weighted by molar-refractivity contribution is -0.137. The van der Waals surface area contributed by atoms with Crippen molar-refractivity contribution in [3.05, 3.63) is 64.9 Å². The topological polar surface area (TPSA) is 98.1 Å². The van der Waals surface area contributed by atoms with Crippen LogP contribution in [0.4, 0.5) is 24.8 Å². The summed E-state index contributed by atoms with van der Waals surface area (Å²) in [5.74, 6) is -0.397. The van der Waals surface area contributed by atoms with Gasteiger partial charge in [-0.05, 0) is 36.4 Å². The molecule has 166 valence electrons. The largest absolute Gasteiger partial charge is 0.483 e. The minimum absolute atomic E-state index is 0.0130. The molecular formula is C20H15ClF3N5O3. The standard InChI is InChI=1S/C20H15ClF3N5O3/c21-12-4-5-16(14(7-12)15-8-17(30)28-19-25-10-26-29(15)19)32-9-18(31)27-13-3-1-2-11(6-13)20(22,23)24/h1-7,10,15H,8-9H2,(H,27,31)(H,25,26,28,30). The van der Waals surface area contributed by atoms with Crippen LogP contribution < -0.4 is 15.4 Å². The Kier molecular flexibility index (Phi) is 5.74. The Balaban J connectivity index is 1.51. The molecule has 0 fully saturated rings. The molecule has 1 unspecified atom stereocenters. The number of ether oxygens (including phenoxy) is 1. The molecule has 1 aliphatic heterocycles. The second-order valence-electron chi connectivity index (χ2n) is 6.89. The van der Waals surface area contributed by atoms with Crippen LogP contribution >= 0.6 is 11.6 Å². The third-order valence-electron chi connectivity index (χ3n) is 4.66. The monoisotopic (exact) mass is 465 g/mol. The normalized spacial score (nSPS) is 15.6. The second-order valence-corrected chi connectivity index (χ2v) is 7.33. The summed E-state index contributed by atoms with van der Waals surface area (Å²) in [5, 5.41) is 9.47. The highest BCUT2D eigenvalue weighted by molar-refractivity contribution is 6.30. The van der Waals surface area contributed by atoms with Gasteiger partial charge >= 0.3 is 6.18 Å². The Hall–Kier alpha value is -3.60. The number of alkyl halides is 3. The van der Waals surface area contributed by atoms with Crippen molar-refractivity contribution in [2.24, 2.45) is 0 Å². The van der Waals surface area contributed by atoms with Crippen molar-refractivity contribution in [3.8, 4) is 5.75 Å². The zero-order chi connectivity index (χ0) is 22.9. The number of amides is 2. The number of nitrogens with zero attached hydrogens (tertiary/aromatic N) is 3. The highest BCUT2D eigenvalue weighted by atomic mass is 35.5. The Bertz CT molecular complexity index is 1180. The van der Waals surface area contributed by atoms with Crippen LogP contribution in [-0.2, 0) is 15.8 Å². The predicted octanol–water partition coefficient (Wildman–Crippen LogP) is 3.90. The zero-order valence-electron chi connectivity index (χ0n) is 16.2. The zero-order valence-corrected chi connectivity index (χ0v) is 16.9. The highest BCUT2D eigenvalue weighted by Gasteiger charge is 2.31. The minimum Gasteiger partial charge on any atom is -0.483 e. The van der Waals surface area contributed by atoms with Gasteiger partial charge in [-0.3, -0.25) is 14.9 Å². The molecule has 8 nitrogen and oxygen atoms in total. The molecule has 0 aliphatic carbocycles. The maximum absolute atomic E-state index is 12.9. The molecule has 1 aliphatic rings. The van der Waals surface area contributed by atoms with Gasteiger partial charge in [0.05, 0.1) is 18.0 Å². The van der Waals surface area contributed by atoms with E-state index in [1.807, 2.05) is 0 Å². The van der Waals surface area contributed by atoms with Crippen LogP contribution in [0.3, 0.4) is 0 Å². The van der Waals surface area contributed by atoms with E-state index < -0.39 is 30.3 Å². The molecule has 0 radical (unpaired) electrons. The molecule has 2 heterocycles. The molecule has 12 heteroatoms. The number of hydrogen-bond acceptors (Lipinski definition) is 5. The summed E-state index contributed by atoms with van der Waals surface area (Å²) in [6.45, 7) is -0.478. The van der Waals surface area contributed by atoms with E-state index >= 15 is 0 Å². The van der Waals surface area contributed by atoms with Crippen molar-refractivity contribution in [1.29, 1.82) is 0 Å². The van der Waals surface area contributed by atoms with E-state index in [9.17, 15) is 22.8 Å². The lowest BCUT2D eigenvalue weighted by atomic mass is 10.0. The first-order valence-corrected chi connectivity index (χ1v) is 9.67. The number of carbonyl (C=O) groups is 2. The molecular weight excluding hydrogens is 451 g/mol. The first-order valence-electron chi connectivity index (χ1n) is 9.29. The van der Waals surface area contributed by atoms with Crippen molar-refractivity contribution in [2.75, 3.05) is 17.2 Å². The van der Waals surface area contributed by atoms with Gasteiger partial charge in [-0.1, -0.05) is 17.7 Å². The summed E-state index contributed by atoms with van der Waals surface area (Å²) in [5.41, 5.74) is -0.387. The SMILES string of the molecule is O=C(COc1ccc(Cl)cc1C1CC(=O)Nc2ncnn21)Nc1cccc(C(F)(F)F)c1. The fourth-order valence-electron chi connectivity index (χ4n) is 3.27. The van der Waals surface area contributed by atoms with Crippen LogP contribution in [0, 0.1) is 0 Å². The molecule has 0 saturated heterocycles. The van der Waals surface area contributed by atoms with Gasteiger partial charge in [-0.2, -0.15) is 23.3 Å². The molecule has 2 N–H and O–H groups in total. The van der Waals surface area contributed by atoms with Crippen LogP contribution in [0.5, 0.6) is 5.75 Å². The first-order chi connectivity index (χ1) is 15.2.